The highest BCUT2D eigenvalue weighted by Gasteiger charge is 2.04. The van der Waals surface area contributed by atoms with Crippen molar-refractivity contribution in [2.75, 3.05) is 27.2 Å². The third kappa shape index (κ3) is 6.60. The van der Waals surface area contributed by atoms with Crippen LogP contribution in [0.5, 0.6) is 5.75 Å². The van der Waals surface area contributed by atoms with E-state index < -0.39 is 0 Å². The number of hydrogen-bond donors (Lipinski definition) is 2. The molecule has 0 amide bonds. The number of benzene rings is 1. The quantitative estimate of drug-likeness (QED) is 0.375. The van der Waals surface area contributed by atoms with Crippen LogP contribution >= 0.6 is 35.6 Å². The zero-order chi connectivity index (χ0) is 16.5. The summed E-state index contributed by atoms with van der Waals surface area (Å²) in [6.45, 7) is 1.50. The second kappa shape index (κ2) is 11.2. The van der Waals surface area contributed by atoms with Crippen LogP contribution in [0.15, 0.2) is 46.0 Å². The third-order valence-corrected chi connectivity index (χ3v) is 3.77. The van der Waals surface area contributed by atoms with Crippen LogP contribution in [0.4, 0.5) is 0 Å². The molecule has 0 bridgehead atoms. The SMILES string of the molecule is CN=C(NCCc1ccco1)NCCc1ccc(OC)cc1Cl.I. The topological polar surface area (TPSA) is 58.8 Å². The summed E-state index contributed by atoms with van der Waals surface area (Å²) in [5.74, 6) is 2.49. The summed E-state index contributed by atoms with van der Waals surface area (Å²) in [4.78, 5) is 4.20. The molecule has 2 N–H and O–H groups in total. The molecule has 2 rings (SSSR count). The van der Waals surface area contributed by atoms with Crippen molar-refractivity contribution in [1.29, 1.82) is 0 Å². The highest BCUT2D eigenvalue weighted by molar-refractivity contribution is 14.0. The maximum Gasteiger partial charge on any atom is 0.191 e. The van der Waals surface area contributed by atoms with Crippen LogP contribution in [0, 0.1) is 0 Å². The Kier molecular flexibility index (Phi) is 9.63. The molecule has 0 aliphatic rings. The van der Waals surface area contributed by atoms with Gasteiger partial charge in [0.2, 0.25) is 0 Å². The number of hydrogen-bond acceptors (Lipinski definition) is 3. The summed E-state index contributed by atoms with van der Waals surface area (Å²) in [7, 11) is 3.38. The van der Waals surface area contributed by atoms with Crippen LogP contribution in [-0.4, -0.2) is 33.2 Å². The highest BCUT2D eigenvalue weighted by Crippen LogP contribution is 2.22. The normalized spacial score (nSPS) is 10.9. The lowest BCUT2D eigenvalue weighted by atomic mass is 10.1. The molecule has 2 aromatic rings. The first-order chi connectivity index (χ1) is 11.2. The number of aliphatic imine (C=N–C) groups is 1. The van der Waals surface area contributed by atoms with Gasteiger partial charge in [0.15, 0.2) is 5.96 Å². The maximum atomic E-state index is 6.23. The second-order valence-corrected chi connectivity index (χ2v) is 5.37. The molecule has 0 unspecified atom stereocenters. The average molecular weight is 464 g/mol. The van der Waals surface area contributed by atoms with Crippen LogP contribution in [0.1, 0.15) is 11.3 Å². The Labute approximate surface area is 164 Å². The van der Waals surface area contributed by atoms with E-state index in [0.29, 0.717) is 5.02 Å². The zero-order valence-corrected chi connectivity index (χ0v) is 16.9. The number of nitrogens with zero attached hydrogens (tertiary/aromatic N) is 1. The molecule has 1 aromatic carbocycles. The van der Waals surface area contributed by atoms with Gasteiger partial charge in [-0.05, 0) is 36.2 Å². The molecule has 0 aliphatic heterocycles. The van der Waals surface area contributed by atoms with E-state index in [1.54, 1.807) is 20.4 Å². The number of guanidine groups is 1. The Morgan fingerprint density at radius 3 is 2.54 bits per heavy atom. The van der Waals surface area contributed by atoms with Gasteiger partial charge in [-0.1, -0.05) is 17.7 Å². The molecule has 0 saturated carbocycles. The van der Waals surface area contributed by atoms with Crippen molar-refractivity contribution in [1.82, 2.24) is 10.6 Å². The van der Waals surface area contributed by atoms with E-state index in [2.05, 4.69) is 15.6 Å². The van der Waals surface area contributed by atoms with E-state index in [1.165, 1.54) is 0 Å². The van der Waals surface area contributed by atoms with Crippen molar-refractivity contribution in [2.24, 2.45) is 4.99 Å². The van der Waals surface area contributed by atoms with Crippen molar-refractivity contribution in [3.63, 3.8) is 0 Å². The number of halogens is 2. The van der Waals surface area contributed by atoms with Gasteiger partial charge in [0.05, 0.1) is 13.4 Å². The van der Waals surface area contributed by atoms with Crippen LogP contribution in [0.2, 0.25) is 5.02 Å². The van der Waals surface area contributed by atoms with Gasteiger partial charge in [0.25, 0.3) is 0 Å². The lowest BCUT2D eigenvalue weighted by Gasteiger charge is -2.12. The maximum absolute atomic E-state index is 6.23. The first-order valence-electron chi connectivity index (χ1n) is 7.52. The molecule has 0 aliphatic carbocycles. The molecule has 0 atom stereocenters. The standard InChI is InChI=1S/C17H22ClN3O2.HI/c1-19-17(21-10-8-14-4-3-11-23-14)20-9-7-13-5-6-15(22-2)12-16(13)18;/h3-6,11-12H,7-10H2,1-2H3,(H2,19,20,21);1H. The van der Waals surface area contributed by atoms with E-state index in [-0.39, 0.29) is 24.0 Å². The summed E-state index contributed by atoms with van der Waals surface area (Å²) >= 11 is 6.23. The Bertz CT molecular complexity index is 633. The minimum Gasteiger partial charge on any atom is -0.497 e. The van der Waals surface area contributed by atoms with Gasteiger partial charge in [-0.25, -0.2) is 0 Å². The number of rotatable bonds is 7. The molecule has 7 heteroatoms. The van der Waals surface area contributed by atoms with Crippen LogP contribution in [0.25, 0.3) is 0 Å². The molecule has 0 fully saturated rings. The van der Waals surface area contributed by atoms with Crippen LogP contribution in [0.3, 0.4) is 0 Å². The first kappa shape index (κ1) is 20.6. The summed E-state index contributed by atoms with van der Waals surface area (Å²) < 4.78 is 10.4. The molecular formula is C17H23ClIN3O2. The second-order valence-electron chi connectivity index (χ2n) is 4.96. The largest absolute Gasteiger partial charge is 0.497 e. The molecule has 1 aromatic heterocycles. The van der Waals surface area contributed by atoms with Crippen LogP contribution < -0.4 is 15.4 Å². The first-order valence-corrected chi connectivity index (χ1v) is 7.90. The number of methoxy groups -OCH3 is 1. The predicted octanol–water partition coefficient (Wildman–Crippen LogP) is 3.51. The van der Waals surface area contributed by atoms with Gasteiger partial charge in [0.1, 0.15) is 11.5 Å². The Balaban J connectivity index is 0.00000288. The number of nitrogens with one attached hydrogen (secondary N) is 2. The summed E-state index contributed by atoms with van der Waals surface area (Å²) in [5.41, 5.74) is 1.08. The Hall–Kier alpha value is -1.41. The molecule has 0 radical (unpaired) electrons. The summed E-state index contributed by atoms with van der Waals surface area (Å²) in [6.07, 6.45) is 3.31. The fraction of sp³-hybridized carbons (Fsp3) is 0.353. The van der Waals surface area contributed by atoms with Crippen molar-refractivity contribution < 1.29 is 9.15 Å². The minimum absolute atomic E-state index is 0. The molecular weight excluding hydrogens is 441 g/mol. The predicted molar refractivity (Wildman–Crippen MR) is 109 cm³/mol. The lowest BCUT2D eigenvalue weighted by molar-refractivity contribution is 0.414. The molecule has 132 valence electrons. The van der Waals surface area contributed by atoms with Crippen molar-refractivity contribution >= 4 is 41.5 Å². The lowest BCUT2D eigenvalue weighted by Crippen LogP contribution is -2.39. The smallest absolute Gasteiger partial charge is 0.191 e. The monoisotopic (exact) mass is 463 g/mol. The van der Waals surface area contributed by atoms with E-state index in [4.69, 9.17) is 20.8 Å². The summed E-state index contributed by atoms with van der Waals surface area (Å²) in [6, 6.07) is 9.57. The fourth-order valence-corrected chi connectivity index (χ4v) is 2.42. The molecule has 24 heavy (non-hydrogen) atoms. The van der Waals surface area contributed by atoms with E-state index in [0.717, 1.165) is 49.0 Å². The van der Waals surface area contributed by atoms with Gasteiger partial charge in [-0.3, -0.25) is 4.99 Å². The zero-order valence-electron chi connectivity index (χ0n) is 13.8. The molecule has 0 spiro atoms. The highest BCUT2D eigenvalue weighted by atomic mass is 127. The van der Waals surface area contributed by atoms with E-state index in [1.807, 2.05) is 30.3 Å². The molecule has 5 nitrogen and oxygen atoms in total. The van der Waals surface area contributed by atoms with Crippen molar-refractivity contribution in [3.05, 3.63) is 52.9 Å². The van der Waals surface area contributed by atoms with Gasteiger partial charge in [-0.15, -0.1) is 24.0 Å². The summed E-state index contributed by atoms with van der Waals surface area (Å²) in [5, 5.41) is 7.24. The van der Waals surface area contributed by atoms with Gasteiger partial charge >= 0.3 is 0 Å². The average Bonchev–Trinajstić information content (AvgIpc) is 3.08. The van der Waals surface area contributed by atoms with E-state index >= 15 is 0 Å². The Morgan fingerprint density at radius 1 is 1.21 bits per heavy atom. The van der Waals surface area contributed by atoms with Crippen molar-refractivity contribution in [2.45, 2.75) is 12.8 Å². The fourth-order valence-electron chi connectivity index (χ4n) is 2.15. The molecule has 0 saturated heterocycles. The van der Waals surface area contributed by atoms with E-state index in [9.17, 15) is 0 Å². The third-order valence-electron chi connectivity index (χ3n) is 3.41. The van der Waals surface area contributed by atoms with Gasteiger partial charge in [-0.2, -0.15) is 0 Å². The van der Waals surface area contributed by atoms with Gasteiger partial charge < -0.3 is 19.8 Å². The Morgan fingerprint density at radius 2 is 1.96 bits per heavy atom. The number of ether oxygens (including phenoxy) is 1. The van der Waals surface area contributed by atoms with Gasteiger partial charge in [0, 0.05) is 31.6 Å². The minimum atomic E-state index is 0. The number of furan rings is 1. The van der Waals surface area contributed by atoms with Crippen LogP contribution in [-0.2, 0) is 12.8 Å². The van der Waals surface area contributed by atoms with Crippen molar-refractivity contribution in [3.8, 4) is 5.75 Å². The molecule has 1 heterocycles.